The normalized spacial score (nSPS) is 49.1. The minimum absolute atomic E-state index is 0.106. The Hall–Kier alpha value is -0.530. The van der Waals surface area contributed by atoms with Crippen molar-refractivity contribution in [1.29, 1.82) is 0 Å². The van der Waals surface area contributed by atoms with Gasteiger partial charge in [-0.2, -0.15) is 0 Å². The van der Waals surface area contributed by atoms with Crippen LogP contribution in [-0.4, -0.2) is 12.1 Å². The number of ether oxygens (including phenoxy) is 1. The van der Waals surface area contributed by atoms with Crippen LogP contribution in [0.15, 0.2) is 0 Å². The molecule has 2 aliphatic carbocycles. The van der Waals surface area contributed by atoms with Gasteiger partial charge in [-0.15, -0.1) is 0 Å². The lowest BCUT2D eigenvalue weighted by atomic mass is 9.64. The summed E-state index contributed by atoms with van der Waals surface area (Å²) in [5.74, 6) is 2.37. The standard InChI is InChI=1S/C15H24O2/c1-9(2)15(3)8-11-4-10-5-12(6-11)17-14(16)13(15)7-10/h9-13H,4-8H2,1-3H3. The maximum absolute atomic E-state index is 12.3. The van der Waals surface area contributed by atoms with Gasteiger partial charge in [-0.1, -0.05) is 20.8 Å². The topological polar surface area (TPSA) is 26.3 Å². The summed E-state index contributed by atoms with van der Waals surface area (Å²) in [6.45, 7) is 6.87. The van der Waals surface area contributed by atoms with Crippen LogP contribution in [-0.2, 0) is 9.53 Å². The van der Waals surface area contributed by atoms with E-state index in [9.17, 15) is 4.79 Å². The molecular weight excluding hydrogens is 212 g/mol. The fourth-order valence-corrected chi connectivity index (χ4v) is 4.58. The van der Waals surface area contributed by atoms with Crippen molar-refractivity contribution >= 4 is 5.97 Å². The minimum Gasteiger partial charge on any atom is -0.462 e. The predicted octanol–water partition coefficient (Wildman–Crippen LogP) is 3.40. The van der Waals surface area contributed by atoms with Gasteiger partial charge < -0.3 is 4.74 Å². The summed E-state index contributed by atoms with van der Waals surface area (Å²) in [7, 11) is 0. The van der Waals surface area contributed by atoms with Crippen molar-refractivity contribution in [3.63, 3.8) is 0 Å². The summed E-state index contributed by atoms with van der Waals surface area (Å²) in [5, 5.41) is 0. The highest BCUT2D eigenvalue weighted by Crippen LogP contribution is 2.54. The highest BCUT2D eigenvalue weighted by molar-refractivity contribution is 5.74. The zero-order valence-corrected chi connectivity index (χ0v) is 11.2. The van der Waals surface area contributed by atoms with Gasteiger partial charge in [0.05, 0.1) is 5.92 Å². The Morgan fingerprint density at radius 2 is 1.88 bits per heavy atom. The van der Waals surface area contributed by atoms with E-state index in [-0.39, 0.29) is 23.4 Å². The van der Waals surface area contributed by atoms with Crippen LogP contribution in [0.2, 0.25) is 0 Å². The molecule has 3 aliphatic rings. The number of hydrogen-bond acceptors (Lipinski definition) is 2. The van der Waals surface area contributed by atoms with Crippen molar-refractivity contribution in [3.8, 4) is 0 Å². The van der Waals surface area contributed by atoms with Crippen LogP contribution in [0.1, 0.15) is 52.9 Å². The van der Waals surface area contributed by atoms with E-state index in [1.165, 1.54) is 12.8 Å². The van der Waals surface area contributed by atoms with E-state index in [0.717, 1.165) is 31.1 Å². The fourth-order valence-electron chi connectivity index (χ4n) is 4.58. The Kier molecular flexibility index (Phi) is 2.53. The Bertz CT molecular complexity index is 336. The predicted molar refractivity (Wildman–Crippen MR) is 66.4 cm³/mol. The molecule has 96 valence electrons. The van der Waals surface area contributed by atoms with E-state index >= 15 is 0 Å². The Morgan fingerprint density at radius 1 is 1.18 bits per heavy atom. The molecule has 0 N–H and O–H groups in total. The van der Waals surface area contributed by atoms with Crippen LogP contribution in [0.4, 0.5) is 0 Å². The molecule has 1 heterocycles. The van der Waals surface area contributed by atoms with Gasteiger partial charge in [0.2, 0.25) is 0 Å². The highest BCUT2D eigenvalue weighted by Gasteiger charge is 2.52. The molecule has 2 saturated carbocycles. The van der Waals surface area contributed by atoms with Gasteiger partial charge in [0, 0.05) is 0 Å². The summed E-state index contributed by atoms with van der Waals surface area (Å²) in [6.07, 6.45) is 6.15. The number of rotatable bonds is 1. The highest BCUT2D eigenvalue weighted by atomic mass is 16.5. The molecule has 0 radical (unpaired) electrons. The van der Waals surface area contributed by atoms with Crippen LogP contribution < -0.4 is 0 Å². The van der Waals surface area contributed by atoms with Crippen LogP contribution in [0.25, 0.3) is 0 Å². The lowest BCUT2D eigenvalue weighted by Crippen LogP contribution is -2.41. The smallest absolute Gasteiger partial charge is 0.309 e. The van der Waals surface area contributed by atoms with Gasteiger partial charge in [-0.05, 0) is 55.3 Å². The Balaban J connectivity index is 2.01. The second kappa shape index (κ2) is 3.73. The van der Waals surface area contributed by atoms with Crippen molar-refractivity contribution in [3.05, 3.63) is 0 Å². The number of esters is 1. The number of fused-ring (bicyclic) bond motifs is 3. The summed E-state index contributed by atoms with van der Waals surface area (Å²) >= 11 is 0. The quantitative estimate of drug-likeness (QED) is 0.652. The Morgan fingerprint density at radius 3 is 2.59 bits per heavy atom. The summed E-state index contributed by atoms with van der Waals surface area (Å²) in [5.41, 5.74) is 0.159. The average molecular weight is 236 g/mol. The second-order valence-corrected chi connectivity index (χ2v) is 7.15. The minimum atomic E-state index is 0.106. The van der Waals surface area contributed by atoms with Crippen LogP contribution in [0.3, 0.4) is 0 Å². The zero-order valence-electron chi connectivity index (χ0n) is 11.2. The first-order valence-electron chi connectivity index (χ1n) is 7.19. The molecule has 5 unspecified atom stereocenters. The largest absolute Gasteiger partial charge is 0.462 e. The van der Waals surface area contributed by atoms with Crippen molar-refractivity contribution in [2.45, 2.75) is 59.0 Å². The van der Waals surface area contributed by atoms with Crippen LogP contribution >= 0.6 is 0 Å². The third kappa shape index (κ3) is 1.71. The van der Waals surface area contributed by atoms with Gasteiger partial charge in [-0.3, -0.25) is 4.79 Å². The van der Waals surface area contributed by atoms with E-state index in [2.05, 4.69) is 20.8 Å². The average Bonchev–Trinajstić information content (AvgIpc) is 2.40. The molecule has 0 aromatic carbocycles. The zero-order chi connectivity index (χ0) is 12.2. The summed E-state index contributed by atoms with van der Waals surface area (Å²) in [4.78, 5) is 12.3. The van der Waals surface area contributed by atoms with Gasteiger partial charge in [-0.25, -0.2) is 0 Å². The maximum Gasteiger partial charge on any atom is 0.309 e. The SMILES string of the molecule is CC(C)C1(C)CC2CC3CC(C2)OC(=O)C1C3. The third-order valence-electron chi connectivity index (χ3n) is 5.84. The van der Waals surface area contributed by atoms with Gasteiger partial charge >= 0.3 is 5.97 Å². The Labute approximate surface area is 104 Å². The van der Waals surface area contributed by atoms with Crippen LogP contribution in [0, 0.1) is 29.1 Å². The molecule has 3 rings (SSSR count). The first-order valence-corrected chi connectivity index (χ1v) is 7.19. The van der Waals surface area contributed by atoms with E-state index in [1.807, 2.05) is 0 Å². The molecule has 5 atom stereocenters. The van der Waals surface area contributed by atoms with E-state index < -0.39 is 0 Å². The lowest BCUT2D eigenvalue weighted by Gasteiger charge is -2.42. The first-order chi connectivity index (χ1) is 7.99. The fraction of sp³-hybridized carbons (Fsp3) is 0.933. The van der Waals surface area contributed by atoms with Gasteiger partial charge in [0.25, 0.3) is 0 Å². The second-order valence-electron chi connectivity index (χ2n) is 7.15. The van der Waals surface area contributed by atoms with Crippen LogP contribution in [0.5, 0.6) is 0 Å². The van der Waals surface area contributed by atoms with E-state index in [4.69, 9.17) is 4.74 Å². The van der Waals surface area contributed by atoms with Crippen molar-refractivity contribution in [2.75, 3.05) is 0 Å². The molecule has 4 bridgehead atoms. The molecule has 0 amide bonds. The van der Waals surface area contributed by atoms with Crippen molar-refractivity contribution < 1.29 is 9.53 Å². The molecule has 0 aromatic heterocycles. The van der Waals surface area contributed by atoms with E-state index in [1.54, 1.807) is 0 Å². The third-order valence-corrected chi connectivity index (χ3v) is 5.84. The first kappa shape index (κ1) is 11.6. The maximum atomic E-state index is 12.3. The lowest BCUT2D eigenvalue weighted by molar-refractivity contribution is -0.163. The molecule has 1 saturated heterocycles. The molecule has 2 nitrogen and oxygen atoms in total. The molecular formula is C15H24O2. The van der Waals surface area contributed by atoms with Crippen molar-refractivity contribution in [1.82, 2.24) is 0 Å². The molecule has 0 aromatic rings. The molecule has 1 aliphatic heterocycles. The van der Waals surface area contributed by atoms with Crippen molar-refractivity contribution in [2.24, 2.45) is 29.1 Å². The van der Waals surface area contributed by atoms with Gasteiger partial charge in [0.15, 0.2) is 0 Å². The number of carbonyl (C=O) groups is 1. The van der Waals surface area contributed by atoms with E-state index in [0.29, 0.717) is 5.92 Å². The number of carbonyl (C=O) groups excluding carboxylic acids is 1. The summed E-state index contributed by atoms with van der Waals surface area (Å²) in [6, 6.07) is 0. The number of hydrogen-bond donors (Lipinski definition) is 0. The van der Waals surface area contributed by atoms with Gasteiger partial charge in [0.1, 0.15) is 6.10 Å². The molecule has 17 heavy (non-hydrogen) atoms. The molecule has 0 spiro atoms. The summed E-state index contributed by atoms with van der Waals surface area (Å²) < 4.78 is 5.72. The molecule has 2 heteroatoms. The monoisotopic (exact) mass is 236 g/mol. The molecule has 3 fully saturated rings.